The van der Waals surface area contributed by atoms with E-state index in [0.29, 0.717) is 23.6 Å². The third-order valence-corrected chi connectivity index (χ3v) is 7.46. The van der Waals surface area contributed by atoms with Gasteiger partial charge < -0.3 is 10.0 Å². The van der Waals surface area contributed by atoms with Crippen molar-refractivity contribution in [3.05, 3.63) is 89.5 Å². The Balaban J connectivity index is 1.72. The van der Waals surface area contributed by atoms with E-state index in [-0.39, 0.29) is 5.92 Å². The lowest BCUT2D eigenvalue weighted by Gasteiger charge is -2.38. The molecule has 0 aromatic heterocycles. The number of aryl methyl sites for hydroxylation is 1. The lowest BCUT2D eigenvalue weighted by atomic mass is 9.87. The highest BCUT2D eigenvalue weighted by molar-refractivity contribution is 5.79. The van der Waals surface area contributed by atoms with Crippen molar-refractivity contribution in [1.82, 2.24) is 0 Å². The van der Waals surface area contributed by atoms with Gasteiger partial charge in [-0.3, -0.25) is 4.79 Å². The van der Waals surface area contributed by atoms with E-state index in [1.165, 1.54) is 17.7 Å². The number of anilines is 1. The van der Waals surface area contributed by atoms with E-state index in [2.05, 4.69) is 29.2 Å². The first kappa shape index (κ1) is 27.7. The molecular formula is C32H36F3NO2. The van der Waals surface area contributed by atoms with Crippen molar-refractivity contribution in [3.63, 3.8) is 0 Å². The molecule has 1 aliphatic heterocycles. The number of halogens is 3. The van der Waals surface area contributed by atoms with Crippen molar-refractivity contribution in [2.75, 3.05) is 11.4 Å². The molecule has 2 atom stereocenters. The Kier molecular flexibility index (Phi) is 8.80. The van der Waals surface area contributed by atoms with E-state index in [0.717, 1.165) is 62.0 Å². The summed E-state index contributed by atoms with van der Waals surface area (Å²) in [7, 11) is 0. The third-order valence-electron chi connectivity index (χ3n) is 7.46. The Bertz CT molecular complexity index is 1210. The summed E-state index contributed by atoms with van der Waals surface area (Å²) < 4.78 is 39.5. The van der Waals surface area contributed by atoms with E-state index in [1.54, 1.807) is 0 Å². The smallest absolute Gasteiger partial charge is 0.416 e. The maximum absolute atomic E-state index is 13.2. The van der Waals surface area contributed by atoms with Gasteiger partial charge in [0.05, 0.1) is 11.5 Å². The molecular weight excluding hydrogens is 487 g/mol. The van der Waals surface area contributed by atoms with Crippen LogP contribution in [0.5, 0.6) is 0 Å². The number of alkyl halides is 3. The molecule has 0 radical (unpaired) electrons. The Labute approximate surface area is 223 Å². The minimum Gasteiger partial charge on any atom is -0.481 e. The average Bonchev–Trinajstić information content (AvgIpc) is 2.90. The number of benzene rings is 3. The maximum Gasteiger partial charge on any atom is 0.416 e. The van der Waals surface area contributed by atoms with Crippen LogP contribution in [0.25, 0.3) is 11.1 Å². The molecule has 1 aliphatic rings. The number of carboxylic acids is 1. The standard InChI is InChI=1S/C32H36F3NO2/c1-22(2)18-30(31(37)38)26-19-25(24-12-14-27(15-13-24)32(33,34)35)20-29(21-26)36-17-7-6-10-28(36)16-11-23-8-4-3-5-9-23/h3-5,8-9,12-15,19-22,28,30H,6-7,10-11,16-18H2,1-2H3,(H,37,38). The second-order valence-corrected chi connectivity index (χ2v) is 10.8. The van der Waals surface area contributed by atoms with Gasteiger partial charge in [-0.25, -0.2) is 0 Å². The van der Waals surface area contributed by atoms with Gasteiger partial charge in [0.25, 0.3) is 0 Å². The summed E-state index contributed by atoms with van der Waals surface area (Å²) in [6, 6.07) is 21.7. The molecule has 0 spiro atoms. The normalized spacial score (nSPS) is 17.0. The van der Waals surface area contributed by atoms with Crippen molar-refractivity contribution in [2.24, 2.45) is 5.92 Å². The number of piperidine rings is 1. The van der Waals surface area contributed by atoms with Crippen molar-refractivity contribution in [1.29, 1.82) is 0 Å². The van der Waals surface area contributed by atoms with Crippen LogP contribution >= 0.6 is 0 Å². The molecule has 3 aromatic rings. The highest BCUT2D eigenvalue weighted by Crippen LogP contribution is 2.37. The molecule has 4 rings (SSSR count). The zero-order valence-corrected chi connectivity index (χ0v) is 22.0. The van der Waals surface area contributed by atoms with Crippen LogP contribution in [-0.4, -0.2) is 23.7 Å². The molecule has 6 heteroatoms. The van der Waals surface area contributed by atoms with Gasteiger partial charge in [-0.15, -0.1) is 0 Å². The number of nitrogens with zero attached hydrogens (tertiary/aromatic N) is 1. The first-order valence-corrected chi connectivity index (χ1v) is 13.5. The highest BCUT2D eigenvalue weighted by Gasteiger charge is 2.30. The average molecular weight is 524 g/mol. The number of hydrogen-bond acceptors (Lipinski definition) is 2. The Hall–Kier alpha value is -3.28. The predicted molar refractivity (Wildman–Crippen MR) is 146 cm³/mol. The number of rotatable bonds is 9. The zero-order chi connectivity index (χ0) is 27.3. The van der Waals surface area contributed by atoms with Crippen LogP contribution in [0, 0.1) is 5.92 Å². The van der Waals surface area contributed by atoms with Crippen LogP contribution in [0.1, 0.15) is 68.6 Å². The molecule has 0 saturated carbocycles. The van der Waals surface area contributed by atoms with Crippen LogP contribution in [0.2, 0.25) is 0 Å². The number of hydrogen-bond donors (Lipinski definition) is 1. The van der Waals surface area contributed by atoms with Crippen molar-refractivity contribution < 1.29 is 23.1 Å². The molecule has 0 amide bonds. The van der Waals surface area contributed by atoms with Crippen molar-refractivity contribution >= 4 is 11.7 Å². The van der Waals surface area contributed by atoms with Gasteiger partial charge >= 0.3 is 12.1 Å². The Morgan fingerprint density at radius 1 is 0.974 bits per heavy atom. The Morgan fingerprint density at radius 3 is 2.32 bits per heavy atom. The third kappa shape index (κ3) is 6.97. The van der Waals surface area contributed by atoms with Gasteiger partial charge in [0.15, 0.2) is 0 Å². The molecule has 1 fully saturated rings. The molecule has 1 N–H and O–H groups in total. The van der Waals surface area contributed by atoms with Gasteiger partial charge in [0.1, 0.15) is 0 Å². The first-order chi connectivity index (χ1) is 18.1. The molecule has 38 heavy (non-hydrogen) atoms. The second-order valence-electron chi connectivity index (χ2n) is 10.8. The monoisotopic (exact) mass is 523 g/mol. The first-order valence-electron chi connectivity index (χ1n) is 13.5. The SMILES string of the molecule is CC(C)CC(C(=O)O)c1cc(-c2ccc(C(F)(F)F)cc2)cc(N2CCCCC2CCc2ccccc2)c1. The predicted octanol–water partition coefficient (Wildman–Crippen LogP) is 8.58. The molecule has 1 heterocycles. The maximum atomic E-state index is 13.2. The number of aliphatic carboxylic acids is 1. The number of carbonyl (C=O) groups is 1. The van der Waals surface area contributed by atoms with Gasteiger partial charge in [0.2, 0.25) is 0 Å². The van der Waals surface area contributed by atoms with Crippen LogP contribution in [0.4, 0.5) is 18.9 Å². The van der Waals surface area contributed by atoms with Crippen LogP contribution < -0.4 is 4.90 Å². The summed E-state index contributed by atoms with van der Waals surface area (Å²) in [6.07, 6.45) is 1.28. The molecule has 3 aromatic carbocycles. The van der Waals surface area contributed by atoms with Gasteiger partial charge in [0, 0.05) is 18.3 Å². The molecule has 202 valence electrons. The van der Waals surface area contributed by atoms with E-state index in [1.807, 2.05) is 38.1 Å². The quantitative estimate of drug-likeness (QED) is 0.305. The van der Waals surface area contributed by atoms with Crippen molar-refractivity contribution in [3.8, 4) is 11.1 Å². The number of carboxylic acid groups (broad SMARTS) is 1. The zero-order valence-electron chi connectivity index (χ0n) is 22.0. The fourth-order valence-electron chi connectivity index (χ4n) is 5.49. The largest absolute Gasteiger partial charge is 0.481 e. The molecule has 2 unspecified atom stereocenters. The Morgan fingerprint density at radius 2 is 1.68 bits per heavy atom. The van der Waals surface area contributed by atoms with Gasteiger partial charge in [-0.05, 0) is 91.0 Å². The van der Waals surface area contributed by atoms with Crippen LogP contribution in [0.3, 0.4) is 0 Å². The fraction of sp³-hybridized carbons (Fsp3) is 0.406. The van der Waals surface area contributed by atoms with E-state index in [9.17, 15) is 23.1 Å². The second kappa shape index (κ2) is 12.1. The summed E-state index contributed by atoms with van der Waals surface area (Å²) in [6.45, 7) is 4.87. The summed E-state index contributed by atoms with van der Waals surface area (Å²) in [4.78, 5) is 14.7. The topological polar surface area (TPSA) is 40.5 Å². The molecule has 0 aliphatic carbocycles. The summed E-state index contributed by atoms with van der Waals surface area (Å²) in [5.74, 6) is -1.38. The summed E-state index contributed by atoms with van der Waals surface area (Å²) >= 11 is 0. The van der Waals surface area contributed by atoms with E-state index >= 15 is 0 Å². The highest BCUT2D eigenvalue weighted by atomic mass is 19.4. The van der Waals surface area contributed by atoms with Gasteiger partial charge in [-0.2, -0.15) is 13.2 Å². The van der Waals surface area contributed by atoms with Crippen LogP contribution in [0.15, 0.2) is 72.8 Å². The molecule has 3 nitrogen and oxygen atoms in total. The van der Waals surface area contributed by atoms with Crippen molar-refractivity contribution in [2.45, 2.75) is 70.5 Å². The van der Waals surface area contributed by atoms with Gasteiger partial charge in [-0.1, -0.05) is 62.4 Å². The molecule has 1 saturated heterocycles. The van der Waals surface area contributed by atoms with E-state index < -0.39 is 23.6 Å². The van der Waals surface area contributed by atoms with E-state index in [4.69, 9.17) is 0 Å². The minimum atomic E-state index is -4.41. The molecule has 0 bridgehead atoms. The minimum absolute atomic E-state index is 0.183. The summed E-state index contributed by atoms with van der Waals surface area (Å²) in [5, 5.41) is 10.1. The van der Waals surface area contributed by atoms with Crippen LogP contribution in [-0.2, 0) is 17.4 Å². The summed E-state index contributed by atoms with van der Waals surface area (Å²) in [5.41, 5.74) is 3.63. The fourth-order valence-corrected chi connectivity index (χ4v) is 5.49. The lowest BCUT2D eigenvalue weighted by molar-refractivity contribution is -0.139. The lowest BCUT2D eigenvalue weighted by Crippen LogP contribution is -2.40.